The summed E-state index contributed by atoms with van der Waals surface area (Å²) < 4.78 is 37.9. The fourth-order valence-electron chi connectivity index (χ4n) is 4.40. The highest BCUT2D eigenvalue weighted by Crippen LogP contribution is 2.39. The zero-order chi connectivity index (χ0) is 28.4. The molecule has 1 amide bonds. The summed E-state index contributed by atoms with van der Waals surface area (Å²) in [7, 11) is 1.42. The lowest BCUT2D eigenvalue weighted by Crippen LogP contribution is -2.32. The van der Waals surface area contributed by atoms with Crippen LogP contribution in [0, 0.1) is 0 Å². The molecule has 0 bridgehead atoms. The van der Waals surface area contributed by atoms with Crippen LogP contribution in [0.3, 0.4) is 0 Å². The third kappa shape index (κ3) is 5.28. The van der Waals surface area contributed by atoms with Crippen molar-refractivity contribution in [2.24, 2.45) is 0 Å². The average molecular weight is 566 g/mol. The van der Waals surface area contributed by atoms with Crippen molar-refractivity contribution >= 4 is 34.2 Å². The number of benzene rings is 2. The first-order valence-corrected chi connectivity index (χ1v) is 12.5. The molecule has 9 nitrogen and oxygen atoms in total. The predicted octanol–water partition coefficient (Wildman–Crippen LogP) is 6.30. The van der Waals surface area contributed by atoms with E-state index in [1.165, 1.54) is 23.9 Å². The van der Waals surface area contributed by atoms with E-state index < -0.39 is 29.7 Å². The summed E-state index contributed by atoms with van der Waals surface area (Å²) in [5.41, 5.74) is 2.61. The lowest BCUT2D eigenvalue weighted by molar-refractivity contribution is -0.119. The highest BCUT2D eigenvalue weighted by atomic mass is 35.5. The number of pyridine rings is 1. The summed E-state index contributed by atoms with van der Waals surface area (Å²) in [5, 5.41) is 6.94. The molecule has 0 aliphatic rings. The fourth-order valence-corrected chi connectivity index (χ4v) is 4.57. The Bertz CT molecular complexity index is 1770. The van der Waals surface area contributed by atoms with E-state index in [1.807, 2.05) is 0 Å². The van der Waals surface area contributed by atoms with Gasteiger partial charge < -0.3 is 14.6 Å². The summed E-state index contributed by atoms with van der Waals surface area (Å²) in [6, 6.07) is 11.4. The van der Waals surface area contributed by atoms with Gasteiger partial charge in [0.2, 0.25) is 11.7 Å². The summed E-state index contributed by atoms with van der Waals surface area (Å²) in [6.45, 7) is 1.78. The van der Waals surface area contributed by atoms with E-state index in [2.05, 4.69) is 20.4 Å². The number of nitrogens with zero attached hydrogens (tertiary/aromatic N) is 4. The lowest BCUT2D eigenvalue weighted by Gasteiger charge is -2.20. The third-order valence-electron chi connectivity index (χ3n) is 6.32. The largest absolute Gasteiger partial charge is 0.495 e. The van der Waals surface area contributed by atoms with Gasteiger partial charge in [-0.05, 0) is 42.3 Å². The van der Waals surface area contributed by atoms with Crippen LogP contribution in [0.15, 0.2) is 76.4 Å². The molecular formula is C28H22ClF2N5O4. The van der Waals surface area contributed by atoms with Crippen LogP contribution in [-0.2, 0) is 4.79 Å². The molecule has 12 heteroatoms. The van der Waals surface area contributed by atoms with Crippen molar-refractivity contribution in [3.63, 3.8) is 0 Å². The number of fused-ring (bicyclic) bond motifs is 1. The maximum atomic E-state index is 13.4. The Labute approximate surface area is 231 Å². The molecule has 1 N–H and O–H groups in total. The number of aromatic nitrogens is 4. The number of ether oxygens (including phenoxy) is 1. The number of nitrogens with one attached hydrogen (secondary N) is 1. The van der Waals surface area contributed by atoms with Crippen LogP contribution in [0.5, 0.6) is 5.75 Å². The number of halogens is 3. The average Bonchev–Trinajstić information content (AvgIpc) is 3.44. The number of rotatable bonds is 8. The van der Waals surface area contributed by atoms with E-state index in [4.69, 9.17) is 20.9 Å². The minimum absolute atomic E-state index is 0.138. The molecule has 0 aliphatic heterocycles. The maximum Gasteiger partial charge on any atom is 0.298 e. The quantitative estimate of drug-likeness (QED) is 0.235. The zero-order valence-electron chi connectivity index (χ0n) is 21.3. The van der Waals surface area contributed by atoms with E-state index in [1.54, 1.807) is 55.7 Å². The van der Waals surface area contributed by atoms with Crippen molar-refractivity contribution in [3.8, 4) is 28.1 Å². The molecule has 0 spiro atoms. The number of hydrogen-bond donors (Lipinski definition) is 1. The highest BCUT2D eigenvalue weighted by molar-refractivity contribution is 6.31. The Morgan fingerprint density at radius 3 is 2.52 bits per heavy atom. The van der Waals surface area contributed by atoms with Gasteiger partial charge in [-0.1, -0.05) is 29.7 Å². The first kappa shape index (κ1) is 26.9. The van der Waals surface area contributed by atoms with Crippen molar-refractivity contribution in [2.75, 3.05) is 12.4 Å². The molecule has 204 valence electrons. The Morgan fingerprint density at radius 2 is 1.82 bits per heavy atom. The van der Waals surface area contributed by atoms with Crippen LogP contribution < -0.4 is 15.6 Å². The Kier molecular flexibility index (Phi) is 7.56. The van der Waals surface area contributed by atoms with Gasteiger partial charge in [-0.2, -0.15) is 0 Å². The summed E-state index contributed by atoms with van der Waals surface area (Å²) in [6.07, 6.45) is 2.04. The second kappa shape index (κ2) is 11.2. The fraction of sp³-hybridized carbons (Fsp3) is 0.179. The van der Waals surface area contributed by atoms with Crippen molar-refractivity contribution in [2.45, 2.75) is 25.8 Å². The smallest absolute Gasteiger partial charge is 0.298 e. The summed E-state index contributed by atoms with van der Waals surface area (Å²) in [5.74, 6) is -0.741. The SMILES string of the molecule is CCC(C(=O)Nc1ccc2nccnc2c1)n1cc(OC)c(-c2cc(Cl)ccc2-c2cc(C(F)F)on2)cc1=O. The minimum Gasteiger partial charge on any atom is -0.495 e. The number of amides is 1. The summed E-state index contributed by atoms with van der Waals surface area (Å²) >= 11 is 6.26. The van der Waals surface area contributed by atoms with Crippen molar-refractivity contribution in [3.05, 3.63) is 88.3 Å². The predicted molar refractivity (Wildman–Crippen MR) is 146 cm³/mol. The number of hydrogen-bond acceptors (Lipinski definition) is 7. The molecule has 40 heavy (non-hydrogen) atoms. The van der Waals surface area contributed by atoms with Crippen LogP contribution >= 0.6 is 11.6 Å². The number of carbonyl (C=O) groups excluding carboxylic acids is 1. The summed E-state index contributed by atoms with van der Waals surface area (Å²) in [4.78, 5) is 35.1. The molecule has 2 aromatic carbocycles. The van der Waals surface area contributed by atoms with Crippen molar-refractivity contribution in [1.29, 1.82) is 0 Å². The maximum absolute atomic E-state index is 13.4. The molecule has 5 rings (SSSR count). The van der Waals surface area contributed by atoms with Crippen molar-refractivity contribution in [1.82, 2.24) is 19.7 Å². The van der Waals surface area contributed by atoms with Crippen LogP contribution in [0.4, 0.5) is 14.5 Å². The van der Waals surface area contributed by atoms with Gasteiger partial charge in [0.25, 0.3) is 12.0 Å². The lowest BCUT2D eigenvalue weighted by atomic mass is 9.97. The van der Waals surface area contributed by atoms with E-state index in [0.717, 1.165) is 6.07 Å². The van der Waals surface area contributed by atoms with Gasteiger partial charge in [0.15, 0.2) is 0 Å². The van der Waals surface area contributed by atoms with Crippen molar-refractivity contribution < 1.29 is 22.8 Å². The van der Waals surface area contributed by atoms with E-state index in [0.29, 0.717) is 44.9 Å². The first-order valence-electron chi connectivity index (χ1n) is 12.2. The molecule has 1 unspecified atom stereocenters. The monoisotopic (exact) mass is 565 g/mol. The molecule has 0 fully saturated rings. The molecule has 3 heterocycles. The van der Waals surface area contributed by atoms with Gasteiger partial charge in [0.1, 0.15) is 17.5 Å². The second-order valence-electron chi connectivity index (χ2n) is 8.78. The Morgan fingerprint density at radius 1 is 1.05 bits per heavy atom. The molecule has 1 atom stereocenters. The van der Waals surface area contributed by atoms with Gasteiger partial charge in [0, 0.05) is 46.4 Å². The van der Waals surface area contributed by atoms with E-state index in [9.17, 15) is 18.4 Å². The van der Waals surface area contributed by atoms with Gasteiger partial charge in [0.05, 0.1) is 24.3 Å². The molecular weight excluding hydrogens is 544 g/mol. The molecule has 0 aliphatic carbocycles. The van der Waals surface area contributed by atoms with Gasteiger partial charge in [-0.15, -0.1) is 0 Å². The normalized spacial score (nSPS) is 12.1. The Balaban J connectivity index is 1.52. The van der Waals surface area contributed by atoms with Gasteiger partial charge in [-0.3, -0.25) is 24.1 Å². The van der Waals surface area contributed by atoms with Crippen LogP contribution in [0.25, 0.3) is 33.4 Å². The van der Waals surface area contributed by atoms with Crippen LogP contribution in [-0.4, -0.2) is 32.7 Å². The van der Waals surface area contributed by atoms with E-state index in [-0.39, 0.29) is 11.4 Å². The van der Waals surface area contributed by atoms with Gasteiger partial charge >= 0.3 is 0 Å². The van der Waals surface area contributed by atoms with Crippen LogP contribution in [0.2, 0.25) is 5.02 Å². The number of carbonyl (C=O) groups is 1. The minimum atomic E-state index is -2.84. The zero-order valence-corrected chi connectivity index (χ0v) is 22.0. The number of anilines is 1. The second-order valence-corrected chi connectivity index (χ2v) is 9.22. The molecule has 3 aromatic heterocycles. The van der Waals surface area contributed by atoms with E-state index >= 15 is 0 Å². The Hall–Kier alpha value is -4.64. The topological polar surface area (TPSA) is 112 Å². The molecule has 5 aromatic rings. The third-order valence-corrected chi connectivity index (χ3v) is 6.55. The number of methoxy groups -OCH3 is 1. The highest BCUT2D eigenvalue weighted by Gasteiger charge is 2.24. The standard InChI is InChI=1S/C28H22ClF2N5O4/c1-3-23(28(38)34-16-5-7-20-22(11-16)33-9-8-32-20)36-14-25(39-2)19(12-26(36)37)18-10-15(29)4-6-17(18)21-13-24(27(30)31)40-35-21/h4-14,23,27H,3H2,1-2H3,(H,34,38). The number of alkyl halides is 2. The van der Waals surface area contributed by atoms with Crippen LogP contribution in [0.1, 0.15) is 31.6 Å². The molecule has 0 saturated heterocycles. The van der Waals surface area contributed by atoms with Gasteiger partial charge in [-0.25, -0.2) is 8.78 Å². The first-order chi connectivity index (χ1) is 19.3. The molecule has 0 radical (unpaired) electrons. The molecule has 0 saturated carbocycles.